The van der Waals surface area contributed by atoms with Gasteiger partial charge in [0.25, 0.3) is 0 Å². The zero-order chi connectivity index (χ0) is 10.7. The molecule has 15 heavy (non-hydrogen) atoms. The topological polar surface area (TPSA) is 53.1 Å². The molecule has 0 saturated carbocycles. The van der Waals surface area contributed by atoms with Gasteiger partial charge in [-0.15, -0.1) is 0 Å². The van der Waals surface area contributed by atoms with Crippen molar-refractivity contribution in [3.05, 3.63) is 11.8 Å². The standard InChI is InChI=1S/C11H19N3O/c1-9-8-14(13-11(9)12)6-5-10-4-2-3-7-15-10/h8,10H,2-7H2,1H3,(H2,12,13). The second-order valence-corrected chi connectivity index (χ2v) is 4.24. The first-order chi connectivity index (χ1) is 7.25. The lowest BCUT2D eigenvalue weighted by Gasteiger charge is -2.22. The molecule has 0 aromatic carbocycles. The van der Waals surface area contributed by atoms with Gasteiger partial charge in [0.15, 0.2) is 0 Å². The van der Waals surface area contributed by atoms with E-state index in [1.807, 2.05) is 17.8 Å². The van der Waals surface area contributed by atoms with Gasteiger partial charge < -0.3 is 10.5 Å². The van der Waals surface area contributed by atoms with Crippen LogP contribution in [0.2, 0.25) is 0 Å². The lowest BCUT2D eigenvalue weighted by atomic mass is 10.1. The lowest BCUT2D eigenvalue weighted by Crippen LogP contribution is -2.20. The van der Waals surface area contributed by atoms with Gasteiger partial charge in [0.05, 0.1) is 6.10 Å². The van der Waals surface area contributed by atoms with Gasteiger partial charge in [-0.25, -0.2) is 0 Å². The molecule has 0 radical (unpaired) electrons. The van der Waals surface area contributed by atoms with Crippen LogP contribution in [0.5, 0.6) is 0 Å². The zero-order valence-electron chi connectivity index (χ0n) is 9.28. The highest BCUT2D eigenvalue weighted by molar-refractivity contribution is 5.35. The number of aromatic nitrogens is 2. The molecule has 1 aliphatic rings. The Balaban J connectivity index is 1.81. The minimum atomic E-state index is 0.421. The first-order valence-corrected chi connectivity index (χ1v) is 5.67. The van der Waals surface area contributed by atoms with Gasteiger partial charge in [-0.2, -0.15) is 5.10 Å². The van der Waals surface area contributed by atoms with Gasteiger partial charge in [0.1, 0.15) is 5.82 Å². The third kappa shape index (κ3) is 2.72. The fraction of sp³-hybridized carbons (Fsp3) is 0.727. The summed E-state index contributed by atoms with van der Waals surface area (Å²) in [4.78, 5) is 0. The van der Waals surface area contributed by atoms with E-state index in [0.717, 1.165) is 25.1 Å². The number of rotatable bonds is 3. The van der Waals surface area contributed by atoms with E-state index in [9.17, 15) is 0 Å². The van der Waals surface area contributed by atoms with Crippen LogP contribution in [0.25, 0.3) is 0 Å². The molecular weight excluding hydrogens is 190 g/mol. The van der Waals surface area contributed by atoms with Crippen molar-refractivity contribution in [2.75, 3.05) is 12.3 Å². The van der Waals surface area contributed by atoms with E-state index in [1.165, 1.54) is 19.3 Å². The van der Waals surface area contributed by atoms with Gasteiger partial charge >= 0.3 is 0 Å². The van der Waals surface area contributed by atoms with Crippen LogP contribution < -0.4 is 5.73 Å². The molecule has 1 atom stereocenters. The van der Waals surface area contributed by atoms with E-state index in [4.69, 9.17) is 10.5 Å². The van der Waals surface area contributed by atoms with E-state index in [2.05, 4.69) is 5.10 Å². The lowest BCUT2D eigenvalue weighted by molar-refractivity contribution is 0.00829. The molecule has 2 N–H and O–H groups in total. The molecule has 2 rings (SSSR count). The van der Waals surface area contributed by atoms with Crippen molar-refractivity contribution >= 4 is 5.82 Å². The molecule has 1 saturated heterocycles. The maximum absolute atomic E-state index is 5.69. The Morgan fingerprint density at radius 3 is 3.07 bits per heavy atom. The van der Waals surface area contributed by atoms with Gasteiger partial charge in [-0.1, -0.05) is 0 Å². The quantitative estimate of drug-likeness (QED) is 0.824. The molecule has 0 aliphatic carbocycles. The highest BCUT2D eigenvalue weighted by Crippen LogP contribution is 2.16. The van der Waals surface area contributed by atoms with Crippen LogP contribution in [-0.2, 0) is 11.3 Å². The number of aryl methyl sites for hydroxylation is 2. The number of nitrogen functional groups attached to an aromatic ring is 1. The normalized spacial score (nSPS) is 21.8. The van der Waals surface area contributed by atoms with Crippen LogP contribution in [0.4, 0.5) is 5.82 Å². The van der Waals surface area contributed by atoms with Crippen molar-refractivity contribution in [1.29, 1.82) is 0 Å². The second-order valence-electron chi connectivity index (χ2n) is 4.24. The minimum absolute atomic E-state index is 0.421. The Hall–Kier alpha value is -1.03. The Kier molecular flexibility index (Phi) is 3.26. The van der Waals surface area contributed by atoms with Gasteiger partial charge in [-0.3, -0.25) is 4.68 Å². The number of anilines is 1. The van der Waals surface area contributed by atoms with E-state index in [0.29, 0.717) is 11.9 Å². The van der Waals surface area contributed by atoms with Crippen molar-refractivity contribution in [2.45, 2.75) is 45.3 Å². The van der Waals surface area contributed by atoms with Crippen molar-refractivity contribution in [1.82, 2.24) is 9.78 Å². The Bertz CT molecular complexity index is 296. The first-order valence-electron chi connectivity index (χ1n) is 5.67. The Morgan fingerprint density at radius 1 is 1.60 bits per heavy atom. The van der Waals surface area contributed by atoms with E-state index in [-0.39, 0.29) is 0 Å². The van der Waals surface area contributed by atoms with Crippen LogP contribution >= 0.6 is 0 Å². The molecular formula is C11H19N3O. The Labute approximate surface area is 90.4 Å². The SMILES string of the molecule is Cc1cn(CCC2CCCCO2)nc1N. The number of nitrogens with zero attached hydrogens (tertiary/aromatic N) is 2. The second kappa shape index (κ2) is 4.66. The molecule has 1 aliphatic heterocycles. The van der Waals surface area contributed by atoms with Crippen LogP contribution in [0, 0.1) is 6.92 Å². The number of nitrogens with two attached hydrogens (primary N) is 1. The maximum Gasteiger partial charge on any atom is 0.148 e. The molecule has 0 amide bonds. The minimum Gasteiger partial charge on any atom is -0.382 e. The summed E-state index contributed by atoms with van der Waals surface area (Å²) in [6.07, 6.45) is 7.16. The Morgan fingerprint density at radius 2 is 2.47 bits per heavy atom. The molecule has 4 nitrogen and oxygen atoms in total. The molecule has 2 heterocycles. The van der Waals surface area contributed by atoms with Crippen LogP contribution in [0.1, 0.15) is 31.2 Å². The number of hydrogen-bond acceptors (Lipinski definition) is 3. The molecule has 84 valence electrons. The average Bonchev–Trinajstić information content (AvgIpc) is 2.57. The highest BCUT2D eigenvalue weighted by Gasteiger charge is 2.13. The van der Waals surface area contributed by atoms with Crippen molar-refractivity contribution in [3.8, 4) is 0 Å². The summed E-state index contributed by atoms with van der Waals surface area (Å²) in [6, 6.07) is 0. The van der Waals surface area contributed by atoms with Gasteiger partial charge in [0.2, 0.25) is 0 Å². The van der Waals surface area contributed by atoms with Crippen LogP contribution in [0.15, 0.2) is 6.20 Å². The summed E-state index contributed by atoms with van der Waals surface area (Å²) in [7, 11) is 0. The van der Waals surface area contributed by atoms with Crippen LogP contribution in [0.3, 0.4) is 0 Å². The van der Waals surface area contributed by atoms with Gasteiger partial charge in [-0.05, 0) is 32.6 Å². The summed E-state index contributed by atoms with van der Waals surface area (Å²) < 4.78 is 7.58. The molecule has 0 spiro atoms. The highest BCUT2D eigenvalue weighted by atomic mass is 16.5. The predicted molar refractivity (Wildman–Crippen MR) is 59.6 cm³/mol. The van der Waals surface area contributed by atoms with E-state index in [1.54, 1.807) is 0 Å². The zero-order valence-corrected chi connectivity index (χ0v) is 9.28. The van der Waals surface area contributed by atoms with Crippen LogP contribution in [-0.4, -0.2) is 22.5 Å². The van der Waals surface area contributed by atoms with Gasteiger partial charge in [0, 0.05) is 24.9 Å². The van der Waals surface area contributed by atoms with E-state index < -0.39 is 0 Å². The molecule has 1 unspecified atom stereocenters. The third-order valence-electron chi connectivity index (χ3n) is 2.94. The van der Waals surface area contributed by atoms with Crippen molar-refractivity contribution < 1.29 is 4.74 Å². The molecule has 1 aromatic rings. The summed E-state index contributed by atoms with van der Waals surface area (Å²) in [5.41, 5.74) is 6.74. The monoisotopic (exact) mass is 209 g/mol. The molecule has 1 aromatic heterocycles. The molecule has 1 fully saturated rings. The molecule has 0 bridgehead atoms. The largest absolute Gasteiger partial charge is 0.382 e. The number of hydrogen-bond donors (Lipinski definition) is 1. The fourth-order valence-electron chi connectivity index (χ4n) is 1.96. The third-order valence-corrected chi connectivity index (χ3v) is 2.94. The maximum atomic E-state index is 5.69. The first kappa shape index (κ1) is 10.5. The smallest absolute Gasteiger partial charge is 0.148 e. The summed E-state index contributed by atoms with van der Waals surface area (Å²) in [5, 5.41) is 4.23. The predicted octanol–water partition coefficient (Wildman–Crippen LogP) is 1.73. The van der Waals surface area contributed by atoms with Crippen molar-refractivity contribution in [3.63, 3.8) is 0 Å². The summed E-state index contributed by atoms with van der Waals surface area (Å²) >= 11 is 0. The summed E-state index contributed by atoms with van der Waals surface area (Å²) in [6.45, 7) is 3.81. The van der Waals surface area contributed by atoms with E-state index >= 15 is 0 Å². The summed E-state index contributed by atoms with van der Waals surface area (Å²) in [5.74, 6) is 0.638. The molecule has 4 heteroatoms. The fourth-order valence-corrected chi connectivity index (χ4v) is 1.96. The average molecular weight is 209 g/mol. The van der Waals surface area contributed by atoms with Crippen molar-refractivity contribution in [2.24, 2.45) is 0 Å². The number of ether oxygens (including phenoxy) is 1.